The number of aryl methyl sites for hydroxylation is 3. The molecule has 214 valence electrons. The molecule has 2 aromatic carbocycles. The third kappa shape index (κ3) is 7.20. The molecule has 1 aliphatic carbocycles. The largest absolute Gasteiger partial charge is 0.490 e. The molecular formula is C29H33FN2O7S. The number of ether oxygens (including phenoxy) is 2. The van der Waals surface area contributed by atoms with Gasteiger partial charge in [0.2, 0.25) is 0 Å². The van der Waals surface area contributed by atoms with Crippen molar-refractivity contribution in [3.05, 3.63) is 75.5 Å². The normalized spacial score (nSPS) is 17.3. The molecule has 2 N–H and O–H groups in total. The van der Waals surface area contributed by atoms with Gasteiger partial charge in [0.1, 0.15) is 23.1 Å². The first-order valence-electron chi connectivity index (χ1n) is 12.9. The smallest absolute Gasteiger partial charge is 0.404 e. The fraction of sp³-hybridized carbons (Fsp3) is 0.379. The van der Waals surface area contributed by atoms with Crippen molar-refractivity contribution in [1.29, 1.82) is 0 Å². The maximum absolute atomic E-state index is 14.0. The van der Waals surface area contributed by atoms with Crippen LogP contribution in [0.3, 0.4) is 0 Å². The minimum absolute atomic E-state index is 0.157. The fourth-order valence-electron chi connectivity index (χ4n) is 5.03. The standard InChI is InChI=1S/C29H33FN2O7S/c1-17-11-20(30)12-18(2)28(17)39-25-10-5-19(16-40(4,36)37)13-23(25)24-15-32(3)27(33)14-26(24)38-22-8-6-21(7-9-22)31-29(34)35/h5,10-15,21-22,31H,6-9,16H2,1-4H3,(H,34,35). The van der Waals surface area contributed by atoms with Crippen molar-refractivity contribution in [1.82, 2.24) is 9.88 Å². The van der Waals surface area contributed by atoms with Gasteiger partial charge in [0.25, 0.3) is 5.56 Å². The minimum atomic E-state index is -3.34. The Morgan fingerprint density at radius 3 is 2.30 bits per heavy atom. The zero-order valence-electron chi connectivity index (χ0n) is 22.9. The zero-order valence-corrected chi connectivity index (χ0v) is 23.7. The molecule has 4 rings (SSSR count). The molecule has 1 aromatic heterocycles. The molecule has 1 amide bonds. The molecule has 0 aliphatic heterocycles. The zero-order chi connectivity index (χ0) is 29.2. The highest BCUT2D eigenvalue weighted by Crippen LogP contribution is 2.41. The van der Waals surface area contributed by atoms with Crippen LogP contribution in [0.25, 0.3) is 11.1 Å². The summed E-state index contributed by atoms with van der Waals surface area (Å²) >= 11 is 0. The highest BCUT2D eigenvalue weighted by Gasteiger charge is 2.26. The van der Waals surface area contributed by atoms with Crippen molar-refractivity contribution in [2.45, 2.75) is 57.4 Å². The second-order valence-electron chi connectivity index (χ2n) is 10.4. The van der Waals surface area contributed by atoms with Gasteiger partial charge in [0.15, 0.2) is 9.84 Å². The van der Waals surface area contributed by atoms with Crippen LogP contribution in [0.2, 0.25) is 0 Å². The van der Waals surface area contributed by atoms with Crippen molar-refractivity contribution in [2.75, 3.05) is 6.26 Å². The first-order chi connectivity index (χ1) is 18.8. The predicted octanol–water partition coefficient (Wildman–Crippen LogP) is 5.10. The number of carbonyl (C=O) groups is 1. The van der Waals surface area contributed by atoms with E-state index < -0.39 is 15.9 Å². The summed E-state index contributed by atoms with van der Waals surface area (Å²) < 4.78 is 52.2. The molecule has 9 nitrogen and oxygen atoms in total. The number of aromatic nitrogens is 1. The lowest BCUT2D eigenvalue weighted by Crippen LogP contribution is -2.39. The summed E-state index contributed by atoms with van der Waals surface area (Å²) in [5.74, 6) is 0.583. The minimum Gasteiger partial charge on any atom is -0.490 e. The Hall–Kier alpha value is -3.86. The first kappa shape index (κ1) is 29.1. The van der Waals surface area contributed by atoms with Crippen LogP contribution < -0.4 is 20.3 Å². The Morgan fingerprint density at radius 2 is 1.70 bits per heavy atom. The van der Waals surface area contributed by atoms with E-state index in [9.17, 15) is 22.4 Å². The van der Waals surface area contributed by atoms with Crippen LogP contribution >= 0.6 is 0 Å². The van der Waals surface area contributed by atoms with E-state index in [-0.39, 0.29) is 29.3 Å². The fourth-order valence-corrected chi connectivity index (χ4v) is 5.81. The van der Waals surface area contributed by atoms with Gasteiger partial charge in [-0.1, -0.05) is 6.07 Å². The number of pyridine rings is 1. The van der Waals surface area contributed by atoms with Gasteiger partial charge in [-0.25, -0.2) is 17.6 Å². The molecule has 1 fully saturated rings. The topological polar surface area (TPSA) is 124 Å². The predicted molar refractivity (Wildman–Crippen MR) is 149 cm³/mol. The Kier molecular flexibility index (Phi) is 8.53. The van der Waals surface area contributed by atoms with Gasteiger partial charge in [0, 0.05) is 42.7 Å². The van der Waals surface area contributed by atoms with Crippen LogP contribution in [0.5, 0.6) is 17.2 Å². The number of halogens is 1. The summed E-state index contributed by atoms with van der Waals surface area (Å²) in [5, 5.41) is 11.5. The number of hydrogen-bond acceptors (Lipinski definition) is 6. The number of hydrogen-bond donors (Lipinski definition) is 2. The quantitative estimate of drug-likeness (QED) is 0.385. The summed E-state index contributed by atoms with van der Waals surface area (Å²) in [7, 11) is -1.74. The average Bonchev–Trinajstić information content (AvgIpc) is 2.84. The summed E-state index contributed by atoms with van der Waals surface area (Å²) in [5.41, 5.74) is 2.45. The molecular weight excluding hydrogens is 539 g/mol. The molecule has 0 saturated heterocycles. The molecule has 0 spiro atoms. The summed E-state index contributed by atoms with van der Waals surface area (Å²) in [6.07, 6.45) is 3.83. The van der Waals surface area contributed by atoms with E-state index in [4.69, 9.17) is 14.6 Å². The molecule has 40 heavy (non-hydrogen) atoms. The lowest BCUT2D eigenvalue weighted by molar-refractivity contribution is 0.134. The monoisotopic (exact) mass is 572 g/mol. The van der Waals surface area contributed by atoms with Crippen LogP contribution in [0, 0.1) is 19.7 Å². The van der Waals surface area contributed by atoms with Crippen molar-refractivity contribution in [3.63, 3.8) is 0 Å². The Morgan fingerprint density at radius 1 is 1.05 bits per heavy atom. The van der Waals surface area contributed by atoms with Gasteiger partial charge >= 0.3 is 6.09 Å². The van der Waals surface area contributed by atoms with E-state index in [1.807, 2.05) is 0 Å². The molecule has 1 saturated carbocycles. The van der Waals surface area contributed by atoms with E-state index in [0.29, 0.717) is 70.7 Å². The summed E-state index contributed by atoms with van der Waals surface area (Å²) in [6.45, 7) is 3.47. The third-order valence-corrected chi connectivity index (χ3v) is 7.74. The molecule has 1 aliphatic rings. The average molecular weight is 573 g/mol. The van der Waals surface area contributed by atoms with Gasteiger partial charge in [-0.05, 0) is 80.5 Å². The van der Waals surface area contributed by atoms with Crippen LogP contribution in [0.1, 0.15) is 42.4 Å². The second-order valence-corrected chi connectivity index (χ2v) is 12.6. The van der Waals surface area contributed by atoms with Crippen LogP contribution in [-0.2, 0) is 22.6 Å². The summed E-state index contributed by atoms with van der Waals surface area (Å²) in [6, 6.07) is 8.99. The van der Waals surface area contributed by atoms with Gasteiger partial charge in [0.05, 0.1) is 11.9 Å². The van der Waals surface area contributed by atoms with E-state index in [1.165, 1.54) is 22.8 Å². The molecule has 0 unspecified atom stereocenters. The molecule has 1 heterocycles. The first-order valence-corrected chi connectivity index (χ1v) is 15.0. The number of nitrogens with one attached hydrogen (secondary N) is 1. The van der Waals surface area contributed by atoms with Crippen molar-refractivity contribution in [2.24, 2.45) is 7.05 Å². The van der Waals surface area contributed by atoms with E-state index >= 15 is 0 Å². The highest BCUT2D eigenvalue weighted by molar-refractivity contribution is 7.89. The lowest BCUT2D eigenvalue weighted by Gasteiger charge is -2.29. The Labute approximate surface area is 232 Å². The van der Waals surface area contributed by atoms with Gasteiger partial charge < -0.3 is 24.5 Å². The maximum Gasteiger partial charge on any atom is 0.404 e. The molecule has 3 aromatic rings. The number of sulfone groups is 1. The SMILES string of the molecule is Cc1cc(F)cc(C)c1Oc1ccc(CS(C)(=O)=O)cc1-c1cn(C)c(=O)cc1OC1CCC(NC(=O)O)CC1. The van der Waals surface area contributed by atoms with E-state index in [1.54, 1.807) is 45.3 Å². The van der Waals surface area contributed by atoms with Crippen molar-refractivity contribution < 1.29 is 32.2 Å². The van der Waals surface area contributed by atoms with Crippen LogP contribution in [0.15, 0.2) is 47.4 Å². The van der Waals surface area contributed by atoms with Gasteiger partial charge in [-0.2, -0.15) is 0 Å². The molecule has 11 heteroatoms. The van der Waals surface area contributed by atoms with E-state index in [2.05, 4.69) is 5.32 Å². The van der Waals surface area contributed by atoms with Crippen LogP contribution in [0.4, 0.5) is 9.18 Å². The van der Waals surface area contributed by atoms with Crippen molar-refractivity contribution in [3.8, 4) is 28.4 Å². The van der Waals surface area contributed by atoms with Crippen LogP contribution in [-0.4, -0.2) is 42.6 Å². The Bertz CT molecular complexity index is 1570. The molecule has 0 radical (unpaired) electrons. The highest BCUT2D eigenvalue weighted by atomic mass is 32.2. The lowest BCUT2D eigenvalue weighted by atomic mass is 9.93. The molecule has 0 bridgehead atoms. The second kappa shape index (κ2) is 11.7. The third-order valence-electron chi connectivity index (χ3n) is 6.89. The number of nitrogens with zero attached hydrogens (tertiary/aromatic N) is 1. The number of amides is 1. The van der Waals surface area contributed by atoms with E-state index in [0.717, 1.165) is 6.26 Å². The summed E-state index contributed by atoms with van der Waals surface area (Å²) in [4.78, 5) is 23.7. The molecule has 0 atom stereocenters. The van der Waals surface area contributed by atoms with Gasteiger partial charge in [-0.15, -0.1) is 0 Å². The van der Waals surface area contributed by atoms with Gasteiger partial charge in [-0.3, -0.25) is 4.79 Å². The number of benzene rings is 2. The number of carboxylic acid groups (broad SMARTS) is 1. The van der Waals surface area contributed by atoms with Crippen molar-refractivity contribution >= 4 is 15.9 Å². The number of rotatable bonds is 8. The maximum atomic E-state index is 14.0. The Balaban J connectivity index is 1.77.